The standard InChI is InChI=1S/C28H51N3O3/c1-26(2)20-24(30-21-22-7-5-4-6-8-22)28(12-11-27(3,33)19-23(26)28)10-9-25(32)29-13-14-31-15-17-34-18-16-31/h22-24,30,33H,4-21H2,1-3H3,(H,29,32)/t23-,24-,27-,28-/m0/s1. The van der Waals surface area contributed by atoms with Crippen LogP contribution in [-0.4, -0.2) is 73.5 Å². The van der Waals surface area contributed by atoms with Gasteiger partial charge in [0.15, 0.2) is 0 Å². The van der Waals surface area contributed by atoms with E-state index >= 15 is 0 Å². The number of hydrogen-bond acceptors (Lipinski definition) is 5. The molecule has 3 saturated carbocycles. The number of nitrogens with zero attached hydrogens (tertiary/aromatic N) is 1. The Morgan fingerprint density at radius 1 is 1.06 bits per heavy atom. The third-order valence-corrected chi connectivity index (χ3v) is 9.88. The lowest BCUT2D eigenvalue weighted by Crippen LogP contribution is -2.52. The van der Waals surface area contributed by atoms with E-state index in [0.29, 0.717) is 18.4 Å². The van der Waals surface area contributed by atoms with E-state index in [0.717, 1.165) is 84.0 Å². The van der Waals surface area contributed by atoms with Crippen LogP contribution in [0.15, 0.2) is 0 Å². The first-order chi connectivity index (χ1) is 16.2. The van der Waals surface area contributed by atoms with Gasteiger partial charge in [0.1, 0.15) is 0 Å². The van der Waals surface area contributed by atoms with Crippen molar-refractivity contribution in [2.24, 2.45) is 22.7 Å². The molecule has 1 heterocycles. The van der Waals surface area contributed by atoms with Crippen LogP contribution in [0.2, 0.25) is 0 Å². The zero-order chi connectivity index (χ0) is 24.2. The average Bonchev–Trinajstić information content (AvgIpc) is 3.03. The Morgan fingerprint density at radius 2 is 1.79 bits per heavy atom. The van der Waals surface area contributed by atoms with Crippen LogP contribution in [0.1, 0.15) is 91.4 Å². The van der Waals surface area contributed by atoms with Crippen LogP contribution in [0.25, 0.3) is 0 Å². The van der Waals surface area contributed by atoms with Gasteiger partial charge < -0.3 is 20.5 Å². The number of fused-ring (bicyclic) bond motifs is 1. The van der Waals surface area contributed by atoms with E-state index in [1.807, 2.05) is 6.92 Å². The molecule has 3 aliphatic carbocycles. The average molecular weight is 478 g/mol. The summed E-state index contributed by atoms with van der Waals surface area (Å²) in [4.78, 5) is 15.3. The van der Waals surface area contributed by atoms with Gasteiger partial charge in [-0.15, -0.1) is 0 Å². The number of morpholine rings is 1. The summed E-state index contributed by atoms with van der Waals surface area (Å²) in [6, 6.07) is 0.451. The molecule has 0 aromatic heterocycles. The zero-order valence-corrected chi connectivity index (χ0v) is 22.2. The van der Waals surface area contributed by atoms with E-state index in [1.165, 1.54) is 32.1 Å². The summed E-state index contributed by atoms with van der Waals surface area (Å²) in [6.07, 6.45) is 12.3. The predicted octanol–water partition coefficient (Wildman–Crippen LogP) is 3.72. The Kier molecular flexibility index (Phi) is 8.65. The quantitative estimate of drug-likeness (QED) is 0.472. The Bertz CT molecular complexity index is 670. The summed E-state index contributed by atoms with van der Waals surface area (Å²) < 4.78 is 5.42. The number of carbonyl (C=O) groups is 1. The SMILES string of the molecule is CC1(C)C[C@H](NCC2CCCCC2)[C@@]2(CCC(=O)NCCN3CCOCC3)CC[C@](C)(O)C[C@@H]12. The topological polar surface area (TPSA) is 73.8 Å². The van der Waals surface area contributed by atoms with Crippen molar-refractivity contribution in [2.45, 2.75) is 103 Å². The van der Waals surface area contributed by atoms with Crippen molar-refractivity contribution in [3.63, 3.8) is 0 Å². The smallest absolute Gasteiger partial charge is 0.220 e. The lowest BCUT2D eigenvalue weighted by atomic mass is 9.57. The molecule has 0 unspecified atom stereocenters. The maximum Gasteiger partial charge on any atom is 0.220 e. The molecule has 6 heteroatoms. The largest absolute Gasteiger partial charge is 0.390 e. The molecule has 4 atom stereocenters. The molecular formula is C28H51N3O3. The Labute approximate surface area is 207 Å². The summed E-state index contributed by atoms with van der Waals surface area (Å²) in [5, 5.41) is 18.2. The van der Waals surface area contributed by atoms with Gasteiger partial charge in [-0.25, -0.2) is 0 Å². The fraction of sp³-hybridized carbons (Fsp3) is 0.964. The summed E-state index contributed by atoms with van der Waals surface area (Å²) >= 11 is 0. The van der Waals surface area contributed by atoms with Gasteiger partial charge in [-0.1, -0.05) is 33.1 Å². The summed E-state index contributed by atoms with van der Waals surface area (Å²) in [5.41, 5.74) is -0.284. The van der Waals surface area contributed by atoms with E-state index < -0.39 is 5.60 Å². The highest BCUT2D eigenvalue weighted by molar-refractivity contribution is 5.75. The molecule has 0 spiro atoms. The maximum absolute atomic E-state index is 12.9. The van der Waals surface area contributed by atoms with Crippen LogP contribution in [0.4, 0.5) is 0 Å². The van der Waals surface area contributed by atoms with E-state index in [-0.39, 0.29) is 16.7 Å². The molecule has 0 aromatic rings. The molecule has 4 rings (SSSR count). The highest BCUT2D eigenvalue weighted by Crippen LogP contribution is 2.63. The first-order valence-corrected chi connectivity index (χ1v) is 14.2. The number of ether oxygens (including phenoxy) is 1. The fourth-order valence-electron chi connectivity index (χ4n) is 7.83. The van der Waals surface area contributed by atoms with E-state index in [1.54, 1.807) is 0 Å². The molecule has 6 nitrogen and oxygen atoms in total. The minimum absolute atomic E-state index is 0.113. The zero-order valence-electron chi connectivity index (χ0n) is 22.2. The highest BCUT2D eigenvalue weighted by atomic mass is 16.5. The molecule has 1 saturated heterocycles. The molecule has 0 radical (unpaired) electrons. The Hall–Kier alpha value is -0.690. The number of nitrogens with one attached hydrogen (secondary N) is 2. The van der Waals surface area contributed by atoms with Crippen LogP contribution in [0, 0.1) is 22.7 Å². The summed E-state index contributed by atoms with van der Waals surface area (Å²) in [7, 11) is 0. The molecule has 1 amide bonds. The minimum atomic E-state index is -0.579. The fourth-order valence-corrected chi connectivity index (χ4v) is 7.83. The van der Waals surface area contributed by atoms with Crippen molar-refractivity contribution in [3.8, 4) is 0 Å². The molecular weight excluding hydrogens is 426 g/mol. The third kappa shape index (κ3) is 6.35. The third-order valence-electron chi connectivity index (χ3n) is 9.88. The number of carbonyl (C=O) groups excluding carboxylic acids is 1. The van der Waals surface area contributed by atoms with Crippen molar-refractivity contribution < 1.29 is 14.6 Å². The molecule has 4 fully saturated rings. The highest BCUT2D eigenvalue weighted by Gasteiger charge is 2.61. The van der Waals surface area contributed by atoms with E-state index in [2.05, 4.69) is 29.4 Å². The van der Waals surface area contributed by atoms with Gasteiger partial charge in [-0.3, -0.25) is 9.69 Å². The monoisotopic (exact) mass is 477 g/mol. The summed E-state index contributed by atoms with van der Waals surface area (Å²) in [6.45, 7) is 13.1. The van der Waals surface area contributed by atoms with Crippen molar-refractivity contribution in [1.29, 1.82) is 0 Å². The van der Waals surface area contributed by atoms with Crippen molar-refractivity contribution >= 4 is 5.91 Å². The molecule has 0 aromatic carbocycles. The number of amides is 1. The predicted molar refractivity (Wildman–Crippen MR) is 137 cm³/mol. The van der Waals surface area contributed by atoms with Gasteiger partial charge in [0.25, 0.3) is 0 Å². The minimum Gasteiger partial charge on any atom is -0.390 e. The van der Waals surface area contributed by atoms with Crippen molar-refractivity contribution in [3.05, 3.63) is 0 Å². The lowest BCUT2D eigenvalue weighted by molar-refractivity contribution is -0.123. The van der Waals surface area contributed by atoms with Crippen LogP contribution < -0.4 is 10.6 Å². The van der Waals surface area contributed by atoms with Gasteiger partial charge in [0.05, 0.1) is 18.8 Å². The van der Waals surface area contributed by atoms with Gasteiger partial charge >= 0.3 is 0 Å². The lowest BCUT2D eigenvalue weighted by Gasteiger charge is -2.51. The molecule has 0 bridgehead atoms. The molecule has 4 aliphatic rings. The van der Waals surface area contributed by atoms with Gasteiger partial charge in [0, 0.05) is 38.6 Å². The maximum atomic E-state index is 12.9. The summed E-state index contributed by atoms with van der Waals surface area (Å²) in [5.74, 6) is 1.45. The van der Waals surface area contributed by atoms with Gasteiger partial charge in [0.2, 0.25) is 5.91 Å². The number of aliphatic hydroxyl groups is 1. The second-order valence-electron chi connectivity index (χ2n) is 12.9. The van der Waals surface area contributed by atoms with E-state index in [4.69, 9.17) is 4.74 Å². The Morgan fingerprint density at radius 3 is 2.53 bits per heavy atom. The van der Waals surface area contributed by atoms with Gasteiger partial charge in [-0.2, -0.15) is 0 Å². The van der Waals surface area contributed by atoms with Crippen LogP contribution in [0.5, 0.6) is 0 Å². The van der Waals surface area contributed by atoms with E-state index in [9.17, 15) is 9.90 Å². The Balaban J connectivity index is 1.37. The normalized spacial score (nSPS) is 36.8. The second-order valence-corrected chi connectivity index (χ2v) is 12.9. The molecule has 1 aliphatic heterocycles. The number of hydrogen-bond donors (Lipinski definition) is 3. The first kappa shape index (κ1) is 26.4. The number of rotatable bonds is 9. The van der Waals surface area contributed by atoms with Crippen LogP contribution in [-0.2, 0) is 9.53 Å². The molecule has 34 heavy (non-hydrogen) atoms. The van der Waals surface area contributed by atoms with Gasteiger partial charge in [-0.05, 0) is 81.1 Å². The molecule has 196 valence electrons. The van der Waals surface area contributed by atoms with Crippen molar-refractivity contribution in [1.82, 2.24) is 15.5 Å². The van der Waals surface area contributed by atoms with Crippen LogP contribution >= 0.6 is 0 Å². The van der Waals surface area contributed by atoms with Crippen LogP contribution in [0.3, 0.4) is 0 Å². The molecule has 3 N–H and O–H groups in total. The second kappa shape index (κ2) is 11.1. The van der Waals surface area contributed by atoms with Crippen molar-refractivity contribution in [2.75, 3.05) is 45.9 Å². The first-order valence-electron chi connectivity index (χ1n) is 14.2.